The SMILES string of the molecule is CCCCCCOC(=O)C(C#CC(C)C)=Cc1ccccc1. The normalized spacial score (nSPS) is 11.0. The van der Waals surface area contributed by atoms with Gasteiger partial charge in [0.05, 0.1) is 6.61 Å². The van der Waals surface area contributed by atoms with Gasteiger partial charge >= 0.3 is 5.97 Å². The maximum absolute atomic E-state index is 12.2. The molecule has 2 nitrogen and oxygen atoms in total. The number of hydrogen-bond acceptors (Lipinski definition) is 2. The van der Waals surface area contributed by atoms with Crippen molar-refractivity contribution < 1.29 is 9.53 Å². The molecule has 1 aromatic carbocycles. The van der Waals surface area contributed by atoms with Crippen LogP contribution in [0, 0.1) is 17.8 Å². The maximum Gasteiger partial charge on any atom is 0.346 e. The fraction of sp³-hybridized carbons (Fsp3) is 0.450. The highest BCUT2D eigenvalue weighted by atomic mass is 16.5. The first-order chi connectivity index (χ1) is 10.6. The summed E-state index contributed by atoms with van der Waals surface area (Å²) in [5, 5.41) is 0. The van der Waals surface area contributed by atoms with E-state index in [0.29, 0.717) is 12.2 Å². The van der Waals surface area contributed by atoms with Crippen molar-refractivity contribution in [2.75, 3.05) is 6.61 Å². The van der Waals surface area contributed by atoms with E-state index < -0.39 is 0 Å². The Kier molecular flexibility index (Phi) is 8.76. The van der Waals surface area contributed by atoms with Crippen molar-refractivity contribution in [1.29, 1.82) is 0 Å². The fourth-order valence-corrected chi connectivity index (χ4v) is 1.86. The molecule has 0 bridgehead atoms. The van der Waals surface area contributed by atoms with Gasteiger partial charge in [-0.25, -0.2) is 4.79 Å². The van der Waals surface area contributed by atoms with E-state index >= 15 is 0 Å². The summed E-state index contributed by atoms with van der Waals surface area (Å²) in [6, 6.07) is 9.73. The van der Waals surface area contributed by atoms with Crippen LogP contribution >= 0.6 is 0 Å². The Bertz CT molecular complexity index is 530. The maximum atomic E-state index is 12.2. The van der Waals surface area contributed by atoms with E-state index in [0.717, 1.165) is 18.4 Å². The number of hydrogen-bond donors (Lipinski definition) is 0. The van der Waals surface area contributed by atoms with Crippen LogP contribution in [0.1, 0.15) is 52.0 Å². The molecule has 0 unspecified atom stereocenters. The minimum Gasteiger partial charge on any atom is -0.462 e. The Morgan fingerprint density at radius 2 is 1.91 bits per heavy atom. The molecule has 0 saturated carbocycles. The zero-order valence-corrected chi connectivity index (χ0v) is 13.9. The highest BCUT2D eigenvalue weighted by Gasteiger charge is 2.09. The molecule has 0 radical (unpaired) electrons. The van der Waals surface area contributed by atoms with Crippen molar-refractivity contribution in [1.82, 2.24) is 0 Å². The summed E-state index contributed by atoms with van der Waals surface area (Å²) in [7, 11) is 0. The third kappa shape index (κ3) is 7.69. The number of rotatable bonds is 7. The molecule has 0 aliphatic rings. The minimum atomic E-state index is -0.325. The van der Waals surface area contributed by atoms with Gasteiger partial charge in [0.2, 0.25) is 0 Å². The van der Waals surface area contributed by atoms with Gasteiger partial charge in [0, 0.05) is 5.92 Å². The van der Waals surface area contributed by atoms with E-state index in [2.05, 4.69) is 18.8 Å². The molecule has 0 heterocycles. The first kappa shape index (κ1) is 18.0. The monoisotopic (exact) mass is 298 g/mol. The van der Waals surface area contributed by atoms with Gasteiger partial charge in [-0.15, -0.1) is 0 Å². The van der Waals surface area contributed by atoms with E-state index in [1.807, 2.05) is 44.2 Å². The van der Waals surface area contributed by atoms with Crippen molar-refractivity contribution in [3.05, 3.63) is 41.5 Å². The molecule has 0 spiro atoms. The number of carbonyl (C=O) groups is 1. The van der Waals surface area contributed by atoms with Gasteiger partial charge in [0.25, 0.3) is 0 Å². The third-order valence-electron chi connectivity index (χ3n) is 3.06. The summed E-state index contributed by atoms with van der Waals surface area (Å²) >= 11 is 0. The van der Waals surface area contributed by atoms with E-state index in [4.69, 9.17) is 4.74 Å². The van der Waals surface area contributed by atoms with Crippen LogP contribution in [-0.2, 0) is 9.53 Å². The molecule has 0 aliphatic heterocycles. The summed E-state index contributed by atoms with van der Waals surface area (Å²) in [6.07, 6.45) is 6.16. The lowest BCUT2D eigenvalue weighted by molar-refractivity contribution is -0.138. The first-order valence-electron chi connectivity index (χ1n) is 8.09. The molecule has 0 atom stereocenters. The first-order valence-corrected chi connectivity index (χ1v) is 8.09. The molecule has 2 heteroatoms. The second-order valence-corrected chi connectivity index (χ2v) is 5.59. The van der Waals surface area contributed by atoms with Crippen LogP contribution in [0.2, 0.25) is 0 Å². The fourth-order valence-electron chi connectivity index (χ4n) is 1.86. The zero-order valence-electron chi connectivity index (χ0n) is 13.9. The number of ether oxygens (including phenoxy) is 1. The van der Waals surface area contributed by atoms with Crippen LogP contribution < -0.4 is 0 Å². The van der Waals surface area contributed by atoms with Crippen LogP contribution in [0.15, 0.2) is 35.9 Å². The molecular formula is C20H26O2. The van der Waals surface area contributed by atoms with Gasteiger partial charge in [-0.1, -0.05) is 82.2 Å². The van der Waals surface area contributed by atoms with E-state index in [1.54, 1.807) is 6.08 Å². The molecule has 0 amide bonds. The predicted octanol–water partition coefficient (Wildman–Crippen LogP) is 4.85. The Labute approximate surface area is 134 Å². The highest BCUT2D eigenvalue weighted by molar-refractivity contribution is 5.98. The zero-order chi connectivity index (χ0) is 16.2. The predicted molar refractivity (Wildman–Crippen MR) is 92.1 cm³/mol. The van der Waals surface area contributed by atoms with Gasteiger partial charge < -0.3 is 4.74 Å². The molecule has 118 valence electrons. The molecule has 0 saturated heterocycles. The average molecular weight is 298 g/mol. The van der Waals surface area contributed by atoms with Gasteiger partial charge in [-0.2, -0.15) is 0 Å². The molecular weight excluding hydrogens is 272 g/mol. The van der Waals surface area contributed by atoms with Crippen LogP contribution in [0.3, 0.4) is 0 Å². The second kappa shape index (κ2) is 10.7. The van der Waals surface area contributed by atoms with Gasteiger partial charge in [-0.3, -0.25) is 0 Å². The van der Waals surface area contributed by atoms with Crippen molar-refractivity contribution >= 4 is 12.0 Å². The third-order valence-corrected chi connectivity index (χ3v) is 3.06. The Balaban J connectivity index is 2.72. The van der Waals surface area contributed by atoms with Crippen molar-refractivity contribution in [2.45, 2.75) is 46.5 Å². The quantitative estimate of drug-likeness (QED) is 0.311. The molecule has 0 aromatic heterocycles. The lowest BCUT2D eigenvalue weighted by atomic mass is 10.1. The lowest BCUT2D eigenvalue weighted by Crippen LogP contribution is -2.08. The molecule has 0 fully saturated rings. The Hall–Kier alpha value is -2.01. The number of carbonyl (C=O) groups excluding carboxylic acids is 1. The standard InChI is InChI=1S/C20H26O2/c1-4-5-6-10-15-22-20(21)19(14-13-17(2)3)16-18-11-8-7-9-12-18/h7-9,11-12,16-17H,4-6,10,15H2,1-3H3. The Morgan fingerprint density at radius 3 is 2.55 bits per heavy atom. The average Bonchev–Trinajstić information content (AvgIpc) is 2.51. The van der Waals surface area contributed by atoms with E-state index in [1.165, 1.54) is 12.8 Å². The largest absolute Gasteiger partial charge is 0.462 e. The van der Waals surface area contributed by atoms with E-state index in [-0.39, 0.29) is 11.9 Å². The number of benzene rings is 1. The van der Waals surface area contributed by atoms with Gasteiger partial charge in [0.1, 0.15) is 5.57 Å². The summed E-state index contributed by atoms with van der Waals surface area (Å²) in [5.41, 5.74) is 1.38. The van der Waals surface area contributed by atoms with Crippen molar-refractivity contribution in [2.24, 2.45) is 5.92 Å². The molecule has 1 rings (SSSR count). The summed E-state index contributed by atoms with van der Waals surface area (Å²) in [4.78, 5) is 12.2. The smallest absolute Gasteiger partial charge is 0.346 e. The molecule has 1 aromatic rings. The topological polar surface area (TPSA) is 26.3 Å². The molecule has 0 N–H and O–H groups in total. The van der Waals surface area contributed by atoms with Crippen LogP contribution in [0.5, 0.6) is 0 Å². The van der Waals surface area contributed by atoms with Crippen molar-refractivity contribution in [3.8, 4) is 11.8 Å². The summed E-state index contributed by atoms with van der Waals surface area (Å²) in [6.45, 7) is 6.63. The van der Waals surface area contributed by atoms with Crippen molar-refractivity contribution in [3.63, 3.8) is 0 Å². The second-order valence-electron chi connectivity index (χ2n) is 5.59. The summed E-state index contributed by atoms with van der Waals surface area (Å²) in [5.74, 6) is 5.89. The van der Waals surface area contributed by atoms with Crippen LogP contribution in [-0.4, -0.2) is 12.6 Å². The minimum absolute atomic E-state index is 0.219. The number of esters is 1. The van der Waals surface area contributed by atoms with E-state index in [9.17, 15) is 4.79 Å². The van der Waals surface area contributed by atoms with Gasteiger partial charge in [-0.05, 0) is 18.1 Å². The Morgan fingerprint density at radius 1 is 1.18 bits per heavy atom. The molecule has 22 heavy (non-hydrogen) atoms. The van der Waals surface area contributed by atoms with Crippen LogP contribution in [0.4, 0.5) is 0 Å². The summed E-state index contributed by atoms with van der Waals surface area (Å²) < 4.78 is 5.35. The lowest BCUT2D eigenvalue weighted by Gasteiger charge is -2.04. The number of unbranched alkanes of at least 4 members (excludes halogenated alkanes) is 3. The van der Waals surface area contributed by atoms with Gasteiger partial charge in [0.15, 0.2) is 0 Å². The highest BCUT2D eigenvalue weighted by Crippen LogP contribution is 2.09. The van der Waals surface area contributed by atoms with Crippen LogP contribution in [0.25, 0.3) is 6.08 Å². The molecule has 0 aliphatic carbocycles.